The van der Waals surface area contributed by atoms with Crippen molar-refractivity contribution < 1.29 is 15.3 Å². The molecule has 5 aromatic rings. The highest BCUT2D eigenvalue weighted by Crippen LogP contribution is 2.37. The summed E-state index contributed by atoms with van der Waals surface area (Å²) in [5, 5.41) is 35.0. The summed E-state index contributed by atoms with van der Waals surface area (Å²) in [5.74, 6) is 0.628. The minimum absolute atomic E-state index is 0.0452. The van der Waals surface area contributed by atoms with Gasteiger partial charge in [-0.05, 0) is 51.2 Å². The molecule has 0 amide bonds. The Morgan fingerprint density at radius 3 is 1.70 bits per heavy atom. The number of hydrogen-bond acceptors (Lipinski definition) is 3. The second-order valence-electron chi connectivity index (χ2n) is 7.34. The number of aromatic hydroxyl groups is 3. The van der Waals surface area contributed by atoms with E-state index in [1.807, 2.05) is 39.8 Å². The number of benzene rings is 5. The van der Waals surface area contributed by atoms with Crippen molar-refractivity contribution in [2.75, 3.05) is 0 Å². The van der Waals surface area contributed by atoms with Gasteiger partial charge in [0.1, 0.15) is 5.75 Å². The fourth-order valence-corrected chi connectivity index (χ4v) is 3.62. The van der Waals surface area contributed by atoms with E-state index in [9.17, 15) is 5.11 Å². The first-order chi connectivity index (χ1) is 14.5. The van der Waals surface area contributed by atoms with Crippen LogP contribution in [0.2, 0.25) is 0 Å². The van der Waals surface area contributed by atoms with E-state index in [0.717, 1.165) is 10.9 Å². The molecule has 0 fully saturated rings. The zero-order valence-corrected chi connectivity index (χ0v) is 17.8. The predicted octanol–water partition coefficient (Wildman–Crippen LogP) is 7.54. The molecule has 0 aromatic heterocycles. The first-order valence-electron chi connectivity index (χ1n) is 10.3. The molecule has 0 aliphatic heterocycles. The van der Waals surface area contributed by atoms with Gasteiger partial charge in [-0.1, -0.05) is 82.3 Å². The molecule has 5 rings (SSSR count). The SMILES string of the molecule is CC.CC(C)c1ccc(O)c(O)c1.Oc1ccc2ccc3cccc4ccc1c2c34. The number of phenolic OH excluding ortho intramolecular Hbond substituents is 3. The second-order valence-corrected chi connectivity index (χ2v) is 7.34. The molecular formula is C27H28O3. The normalized spacial score (nSPS) is 10.7. The summed E-state index contributed by atoms with van der Waals surface area (Å²) >= 11 is 0. The van der Waals surface area contributed by atoms with Gasteiger partial charge in [0.15, 0.2) is 11.5 Å². The van der Waals surface area contributed by atoms with Gasteiger partial charge in [0.05, 0.1) is 0 Å². The maximum atomic E-state index is 9.95. The predicted molar refractivity (Wildman–Crippen MR) is 127 cm³/mol. The standard InChI is InChI=1S/C16H10O.C9H12O2.C2H6/c17-14-9-7-12-5-4-10-2-1-3-11-6-8-13(14)16(12)15(10)11;1-6(2)7-3-4-8(10)9(11)5-7;1-2/h1-9,17H;3-6,10-11H,1-2H3;1-2H3. The molecule has 0 radical (unpaired) electrons. The zero-order valence-electron chi connectivity index (χ0n) is 17.8. The molecule has 0 aliphatic rings. The summed E-state index contributed by atoms with van der Waals surface area (Å²) in [6, 6.07) is 23.3. The molecule has 0 saturated heterocycles. The Morgan fingerprint density at radius 2 is 1.10 bits per heavy atom. The average molecular weight is 401 g/mol. The second kappa shape index (κ2) is 8.91. The molecule has 0 heterocycles. The Bertz CT molecular complexity index is 1260. The maximum absolute atomic E-state index is 9.95. The minimum atomic E-state index is -0.0607. The topological polar surface area (TPSA) is 60.7 Å². The van der Waals surface area contributed by atoms with Crippen LogP contribution in [-0.4, -0.2) is 15.3 Å². The lowest BCUT2D eigenvalue weighted by atomic mass is 9.94. The van der Waals surface area contributed by atoms with Crippen LogP contribution in [0.3, 0.4) is 0 Å². The largest absolute Gasteiger partial charge is 0.507 e. The molecule has 154 valence electrons. The minimum Gasteiger partial charge on any atom is -0.507 e. The molecule has 0 aliphatic carbocycles. The van der Waals surface area contributed by atoms with Crippen LogP contribution < -0.4 is 0 Å². The third-order valence-electron chi connectivity index (χ3n) is 5.17. The Kier molecular flexibility index (Phi) is 6.31. The fourth-order valence-electron chi connectivity index (χ4n) is 3.62. The van der Waals surface area contributed by atoms with Gasteiger partial charge < -0.3 is 15.3 Å². The number of hydrogen-bond donors (Lipinski definition) is 3. The third-order valence-corrected chi connectivity index (χ3v) is 5.17. The van der Waals surface area contributed by atoms with Crippen molar-refractivity contribution in [1.82, 2.24) is 0 Å². The Hall–Kier alpha value is -3.46. The Labute approximate surface area is 177 Å². The molecule has 3 nitrogen and oxygen atoms in total. The van der Waals surface area contributed by atoms with E-state index in [4.69, 9.17) is 10.2 Å². The lowest BCUT2D eigenvalue weighted by molar-refractivity contribution is 0.403. The van der Waals surface area contributed by atoms with Gasteiger partial charge in [0, 0.05) is 10.8 Å². The van der Waals surface area contributed by atoms with Crippen LogP contribution in [0.5, 0.6) is 17.2 Å². The molecule has 0 spiro atoms. The number of phenols is 3. The van der Waals surface area contributed by atoms with Crippen molar-refractivity contribution in [3.63, 3.8) is 0 Å². The van der Waals surface area contributed by atoms with Gasteiger partial charge in [0.25, 0.3) is 0 Å². The molecule has 0 unspecified atom stereocenters. The summed E-state index contributed by atoms with van der Waals surface area (Å²) < 4.78 is 0. The number of rotatable bonds is 1. The highest BCUT2D eigenvalue weighted by molar-refractivity contribution is 6.23. The van der Waals surface area contributed by atoms with E-state index in [0.29, 0.717) is 11.7 Å². The highest BCUT2D eigenvalue weighted by Gasteiger charge is 2.09. The molecular weight excluding hydrogens is 372 g/mol. The smallest absolute Gasteiger partial charge is 0.157 e. The van der Waals surface area contributed by atoms with Gasteiger partial charge in [0.2, 0.25) is 0 Å². The summed E-state index contributed by atoms with van der Waals surface area (Å²) in [7, 11) is 0. The van der Waals surface area contributed by atoms with Gasteiger partial charge in [-0.15, -0.1) is 0 Å². The lowest BCUT2D eigenvalue weighted by Gasteiger charge is -2.11. The molecule has 3 heteroatoms. The van der Waals surface area contributed by atoms with E-state index in [1.54, 1.807) is 18.2 Å². The fraction of sp³-hybridized carbons (Fsp3) is 0.185. The van der Waals surface area contributed by atoms with Gasteiger partial charge in [-0.2, -0.15) is 0 Å². The van der Waals surface area contributed by atoms with Gasteiger partial charge in [-0.25, -0.2) is 0 Å². The van der Waals surface area contributed by atoms with Crippen molar-refractivity contribution in [2.45, 2.75) is 33.6 Å². The summed E-state index contributed by atoms with van der Waals surface area (Å²) in [6.07, 6.45) is 0. The lowest BCUT2D eigenvalue weighted by Crippen LogP contribution is -1.85. The molecule has 5 aromatic carbocycles. The Morgan fingerprint density at radius 1 is 0.567 bits per heavy atom. The zero-order chi connectivity index (χ0) is 21.8. The van der Waals surface area contributed by atoms with Crippen LogP contribution in [0.25, 0.3) is 32.3 Å². The van der Waals surface area contributed by atoms with Gasteiger partial charge in [-0.3, -0.25) is 0 Å². The van der Waals surface area contributed by atoms with E-state index in [-0.39, 0.29) is 11.5 Å². The molecule has 0 bridgehead atoms. The monoisotopic (exact) mass is 400 g/mol. The molecule has 30 heavy (non-hydrogen) atoms. The first kappa shape index (κ1) is 21.3. The van der Waals surface area contributed by atoms with E-state index < -0.39 is 0 Å². The Balaban J connectivity index is 0.000000172. The van der Waals surface area contributed by atoms with E-state index in [2.05, 4.69) is 36.4 Å². The third kappa shape index (κ3) is 3.97. The highest BCUT2D eigenvalue weighted by atomic mass is 16.3. The summed E-state index contributed by atoms with van der Waals surface area (Å²) in [4.78, 5) is 0. The van der Waals surface area contributed by atoms with Crippen molar-refractivity contribution in [3.8, 4) is 17.2 Å². The van der Waals surface area contributed by atoms with E-state index in [1.165, 1.54) is 33.0 Å². The van der Waals surface area contributed by atoms with Crippen molar-refractivity contribution in [1.29, 1.82) is 0 Å². The van der Waals surface area contributed by atoms with Crippen LogP contribution in [0, 0.1) is 0 Å². The maximum Gasteiger partial charge on any atom is 0.157 e. The molecule has 3 N–H and O–H groups in total. The van der Waals surface area contributed by atoms with Crippen LogP contribution in [0.15, 0.2) is 72.8 Å². The molecule has 0 atom stereocenters. The quantitative estimate of drug-likeness (QED) is 0.201. The van der Waals surface area contributed by atoms with Gasteiger partial charge >= 0.3 is 0 Å². The summed E-state index contributed by atoms with van der Waals surface area (Å²) in [6.45, 7) is 8.07. The molecule has 0 saturated carbocycles. The van der Waals surface area contributed by atoms with E-state index >= 15 is 0 Å². The van der Waals surface area contributed by atoms with Crippen molar-refractivity contribution >= 4 is 32.3 Å². The first-order valence-corrected chi connectivity index (χ1v) is 10.3. The summed E-state index contributed by atoms with van der Waals surface area (Å²) in [5.41, 5.74) is 1.03. The van der Waals surface area contributed by atoms with Crippen molar-refractivity contribution in [2.24, 2.45) is 0 Å². The van der Waals surface area contributed by atoms with Crippen LogP contribution in [-0.2, 0) is 0 Å². The van der Waals surface area contributed by atoms with Crippen LogP contribution >= 0.6 is 0 Å². The average Bonchev–Trinajstić information content (AvgIpc) is 2.77. The van der Waals surface area contributed by atoms with Crippen LogP contribution in [0.4, 0.5) is 0 Å². The van der Waals surface area contributed by atoms with Crippen LogP contribution in [0.1, 0.15) is 39.2 Å². The van der Waals surface area contributed by atoms with Crippen molar-refractivity contribution in [3.05, 3.63) is 78.4 Å².